The molecule has 2 N–H and O–H groups in total. The van der Waals surface area contributed by atoms with Gasteiger partial charge in [-0.2, -0.15) is 5.10 Å². The number of nitrogens with one attached hydrogen (secondary N) is 1. The van der Waals surface area contributed by atoms with Crippen LogP contribution in [0.1, 0.15) is 71.9 Å². The van der Waals surface area contributed by atoms with Crippen molar-refractivity contribution in [3.05, 3.63) is 35.4 Å². The minimum atomic E-state index is -0.779. The van der Waals surface area contributed by atoms with Crippen LogP contribution in [0.25, 0.3) is 0 Å². The number of hydrogen-bond acceptors (Lipinski definition) is 4. The number of carboxylic acid groups (broad SMARTS) is 1. The van der Waals surface area contributed by atoms with Crippen LogP contribution in [-0.2, 0) is 11.3 Å². The molecule has 0 spiro atoms. The minimum absolute atomic E-state index is 0.136. The third kappa shape index (κ3) is 8.87. The van der Waals surface area contributed by atoms with E-state index in [0.29, 0.717) is 30.5 Å². The average Bonchev–Trinajstić information content (AvgIpc) is 2.62. The summed E-state index contributed by atoms with van der Waals surface area (Å²) >= 11 is 0. The van der Waals surface area contributed by atoms with Crippen LogP contribution >= 0.6 is 0 Å². The lowest BCUT2D eigenvalue weighted by Gasteiger charge is -2.30. The van der Waals surface area contributed by atoms with Crippen molar-refractivity contribution < 1.29 is 9.90 Å². The predicted molar refractivity (Wildman–Crippen MR) is 118 cm³/mol. The zero-order valence-corrected chi connectivity index (χ0v) is 18.7. The zero-order chi connectivity index (χ0) is 21.3. The van der Waals surface area contributed by atoms with Crippen LogP contribution in [0.15, 0.2) is 29.4 Å². The molecule has 1 aromatic rings. The van der Waals surface area contributed by atoms with Gasteiger partial charge in [-0.05, 0) is 55.2 Å². The Hall–Kier alpha value is -1.88. The van der Waals surface area contributed by atoms with Gasteiger partial charge < -0.3 is 10.4 Å². The van der Waals surface area contributed by atoms with Crippen molar-refractivity contribution in [1.29, 1.82) is 0 Å². The minimum Gasteiger partial charge on any atom is -0.481 e. The highest BCUT2D eigenvalue weighted by Gasteiger charge is 2.21. The summed E-state index contributed by atoms with van der Waals surface area (Å²) in [5.41, 5.74) is 3.56. The van der Waals surface area contributed by atoms with Crippen molar-refractivity contribution in [3.63, 3.8) is 0 Å². The molecule has 5 nitrogen and oxygen atoms in total. The second kappa shape index (κ2) is 11.2. The molecule has 0 bridgehead atoms. The van der Waals surface area contributed by atoms with E-state index >= 15 is 0 Å². The van der Waals surface area contributed by atoms with Crippen molar-refractivity contribution in [1.82, 2.24) is 10.3 Å². The van der Waals surface area contributed by atoms with Crippen LogP contribution in [0.4, 0.5) is 0 Å². The smallest absolute Gasteiger partial charge is 0.304 e. The van der Waals surface area contributed by atoms with Crippen LogP contribution in [-0.4, -0.2) is 41.4 Å². The maximum absolute atomic E-state index is 10.6. The van der Waals surface area contributed by atoms with Gasteiger partial charge in [0, 0.05) is 26.2 Å². The molecule has 0 radical (unpaired) electrons. The van der Waals surface area contributed by atoms with Gasteiger partial charge in [0.15, 0.2) is 0 Å². The zero-order valence-electron chi connectivity index (χ0n) is 18.7. The van der Waals surface area contributed by atoms with E-state index in [1.54, 1.807) is 0 Å². The molecule has 1 rings (SSSR count). The van der Waals surface area contributed by atoms with Gasteiger partial charge in [0.2, 0.25) is 0 Å². The summed E-state index contributed by atoms with van der Waals surface area (Å²) < 4.78 is 0. The van der Waals surface area contributed by atoms with Gasteiger partial charge in [0.1, 0.15) is 0 Å². The maximum atomic E-state index is 10.6. The average molecular weight is 390 g/mol. The molecule has 2 unspecified atom stereocenters. The second-order valence-corrected chi connectivity index (χ2v) is 8.97. The Morgan fingerprint density at radius 1 is 1.25 bits per heavy atom. The molecule has 28 heavy (non-hydrogen) atoms. The molecule has 0 amide bonds. The molecular weight excluding hydrogens is 350 g/mol. The largest absolute Gasteiger partial charge is 0.481 e. The van der Waals surface area contributed by atoms with Crippen molar-refractivity contribution in [2.75, 3.05) is 13.6 Å². The highest BCUT2D eigenvalue weighted by Crippen LogP contribution is 2.29. The Kier molecular flexibility index (Phi) is 9.66. The van der Waals surface area contributed by atoms with Gasteiger partial charge in [0.25, 0.3) is 0 Å². The number of carboxylic acids is 1. The van der Waals surface area contributed by atoms with Gasteiger partial charge in [0.05, 0.1) is 12.1 Å². The first kappa shape index (κ1) is 24.2. The lowest BCUT2D eigenvalue weighted by atomic mass is 9.79. The van der Waals surface area contributed by atoms with Crippen molar-refractivity contribution in [3.8, 4) is 0 Å². The monoisotopic (exact) mass is 389 g/mol. The predicted octanol–water partition coefficient (Wildman–Crippen LogP) is 4.76. The molecular formula is C23H39N3O2. The van der Waals surface area contributed by atoms with Gasteiger partial charge in [-0.1, -0.05) is 45.9 Å². The van der Waals surface area contributed by atoms with E-state index in [2.05, 4.69) is 57.1 Å². The van der Waals surface area contributed by atoms with Gasteiger partial charge >= 0.3 is 5.97 Å². The van der Waals surface area contributed by atoms with Crippen molar-refractivity contribution in [2.45, 2.75) is 73.4 Å². The van der Waals surface area contributed by atoms with Gasteiger partial charge in [-0.15, -0.1) is 0 Å². The number of benzene rings is 1. The van der Waals surface area contributed by atoms with Crippen LogP contribution in [0.5, 0.6) is 0 Å². The summed E-state index contributed by atoms with van der Waals surface area (Å²) in [6, 6.07) is 8.65. The summed E-state index contributed by atoms with van der Waals surface area (Å²) in [5.74, 6) is -0.1000. The maximum Gasteiger partial charge on any atom is 0.304 e. The van der Waals surface area contributed by atoms with Crippen LogP contribution in [0.3, 0.4) is 0 Å². The Balaban J connectivity index is 2.63. The molecule has 2 atom stereocenters. The molecule has 1 aromatic carbocycles. The number of rotatable bonds is 11. The molecule has 0 heterocycles. The fourth-order valence-electron chi connectivity index (χ4n) is 2.84. The van der Waals surface area contributed by atoms with E-state index in [1.807, 2.05) is 26.1 Å². The van der Waals surface area contributed by atoms with Crippen molar-refractivity contribution >= 4 is 11.7 Å². The highest BCUT2D eigenvalue weighted by molar-refractivity contribution is 5.98. The highest BCUT2D eigenvalue weighted by atomic mass is 16.4. The van der Waals surface area contributed by atoms with Crippen molar-refractivity contribution in [2.24, 2.45) is 16.4 Å². The summed E-state index contributed by atoms with van der Waals surface area (Å²) in [4.78, 5) is 10.6. The molecule has 158 valence electrons. The van der Waals surface area contributed by atoms with Gasteiger partial charge in [-0.3, -0.25) is 9.80 Å². The Labute approximate surface area is 171 Å². The van der Waals surface area contributed by atoms with Gasteiger partial charge in [-0.25, -0.2) is 0 Å². The third-order valence-electron chi connectivity index (χ3n) is 5.63. The Morgan fingerprint density at radius 3 is 2.54 bits per heavy atom. The first-order valence-corrected chi connectivity index (χ1v) is 10.3. The molecule has 0 aliphatic carbocycles. The normalized spacial score (nSPS) is 14.6. The molecule has 5 heteroatoms. The Bertz CT molecular complexity index is 649. The lowest BCUT2D eigenvalue weighted by Crippen LogP contribution is -2.27. The fourth-order valence-corrected chi connectivity index (χ4v) is 2.84. The van der Waals surface area contributed by atoms with E-state index in [9.17, 15) is 4.79 Å². The Morgan fingerprint density at radius 2 is 1.93 bits per heavy atom. The van der Waals surface area contributed by atoms with E-state index in [-0.39, 0.29) is 6.42 Å². The number of carbonyl (C=O) groups is 1. The number of aliphatic carboxylic acids is 1. The molecule has 0 aliphatic heterocycles. The molecule has 0 fully saturated rings. The SMILES string of the molecule is CC(=NN(C)C(C)CCC(C)C(C)(C)C)c1cccc(CNCCC(=O)O)c1. The van der Waals surface area contributed by atoms with E-state index < -0.39 is 5.97 Å². The summed E-state index contributed by atoms with van der Waals surface area (Å²) in [5, 5.41) is 18.7. The number of hydrogen-bond donors (Lipinski definition) is 2. The van der Waals surface area contributed by atoms with E-state index in [0.717, 1.165) is 23.3 Å². The summed E-state index contributed by atoms with van der Waals surface area (Å²) in [6.45, 7) is 14.6. The van der Waals surface area contributed by atoms with Crippen LogP contribution in [0, 0.1) is 11.3 Å². The third-order valence-corrected chi connectivity index (χ3v) is 5.63. The van der Waals surface area contributed by atoms with E-state index in [4.69, 9.17) is 10.2 Å². The summed E-state index contributed by atoms with van der Waals surface area (Å²) in [7, 11) is 2.05. The molecule has 0 aliphatic rings. The standard InChI is InChI=1S/C23H39N3O2/c1-17(23(4,5)6)11-12-18(2)26(7)25-19(3)21-10-8-9-20(15-21)16-24-14-13-22(27)28/h8-10,15,17-18,24H,11-14,16H2,1-7H3,(H,27,28). The molecule has 0 saturated heterocycles. The molecule has 0 aromatic heterocycles. The fraction of sp³-hybridized carbons (Fsp3) is 0.652. The number of hydrazone groups is 1. The lowest BCUT2D eigenvalue weighted by molar-refractivity contribution is -0.136. The summed E-state index contributed by atoms with van der Waals surface area (Å²) in [6.07, 6.45) is 2.46. The quantitative estimate of drug-likeness (QED) is 0.325. The first-order chi connectivity index (χ1) is 13.0. The van der Waals surface area contributed by atoms with Crippen LogP contribution < -0.4 is 5.32 Å². The topological polar surface area (TPSA) is 64.9 Å². The van der Waals surface area contributed by atoms with Crippen LogP contribution in [0.2, 0.25) is 0 Å². The molecule has 0 saturated carbocycles. The van der Waals surface area contributed by atoms with E-state index in [1.165, 1.54) is 6.42 Å². The second-order valence-electron chi connectivity index (χ2n) is 8.97. The number of nitrogens with zero attached hydrogens (tertiary/aromatic N) is 2. The first-order valence-electron chi connectivity index (χ1n) is 10.3.